The Morgan fingerprint density at radius 2 is 1.65 bits per heavy atom. The van der Waals surface area contributed by atoms with E-state index in [1.54, 1.807) is 31.2 Å². The lowest BCUT2D eigenvalue weighted by atomic mass is 10.1. The minimum absolute atomic E-state index is 0.0112. The lowest BCUT2D eigenvalue weighted by Gasteiger charge is -2.15. The van der Waals surface area contributed by atoms with Gasteiger partial charge in [-0.2, -0.15) is 5.10 Å². The zero-order valence-electron chi connectivity index (χ0n) is 22.2. The summed E-state index contributed by atoms with van der Waals surface area (Å²) < 4.78 is 18.3. The van der Waals surface area contributed by atoms with Gasteiger partial charge in [0.1, 0.15) is 0 Å². The van der Waals surface area contributed by atoms with E-state index in [1.807, 2.05) is 34.9 Å². The van der Waals surface area contributed by atoms with Crippen LogP contribution in [0.4, 0.5) is 5.69 Å². The highest BCUT2D eigenvalue weighted by Gasteiger charge is 2.21. The average molecular weight is 563 g/mol. The first-order valence-corrected chi connectivity index (χ1v) is 12.9. The van der Waals surface area contributed by atoms with Crippen LogP contribution in [0.3, 0.4) is 0 Å². The third kappa shape index (κ3) is 6.21. The molecule has 1 aromatic heterocycles. The number of carbonyl (C=O) groups is 1. The number of hydrazone groups is 1. The number of methoxy groups -OCH3 is 3. The van der Waals surface area contributed by atoms with E-state index in [-0.39, 0.29) is 17.3 Å². The standard InChI is InChI=1S/C27H26N6O6S/c1-17(18-10-12-21(13-11-18)33(35)36)28-29-24(34)16-40-27-31-30-26(32(27)20-8-6-5-7-9-20)19-14-22(37-2)25(39-4)23(15-19)38-3/h5-15H,16H2,1-4H3,(H,29,34)/b28-17+. The van der Waals surface area contributed by atoms with Gasteiger partial charge in [0.2, 0.25) is 5.75 Å². The second kappa shape index (κ2) is 12.8. The predicted molar refractivity (Wildman–Crippen MR) is 151 cm³/mol. The number of carbonyl (C=O) groups excluding carboxylic acids is 1. The van der Waals surface area contributed by atoms with E-state index in [4.69, 9.17) is 14.2 Å². The summed E-state index contributed by atoms with van der Waals surface area (Å²) in [7, 11) is 4.60. The SMILES string of the molecule is COc1cc(-c2nnc(SCC(=O)N/N=C(\C)c3ccc([N+](=O)[O-])cc3)n2-c2ccccc2)cc(OC)c1OC. The molecule has 1 amide bonds. The van der Waals surface area contributed by atoms with Crippen LogP contribution in [-0.4, -0.2) is 58.4 Å². The fourth-order valence-corrected chi connectivity index (χ4v) is 4.51. The van der Waals surface area contributed by atoms with Gasteiger partial charge in [-0.3, -0.25) is 19.5 Å². The van der Waals surface area contributed by atoms with Crippen LogP contribution in [0, 0.1) is 10.1 Å². The molecule has 0 saturated heterocycles. The molecule has 1 N–H and O–H groups in total. The molecule has 0 saturated carbocycles. The summed E-state index contributed by atoms with van der Waals surface area (Å²) in [6.45, 7) is 1.70. The number of thioether (sulfide) groups is 1. The van der Waals surface area contributed by atoms with Gasteiger partial charge in [-0.1, -0.05) is 30.0 Å². The van der Waals surface area contributed by atoms with Crippen molar-refractivity contribution in [1.29, 1.82) is 0 Å². The highest BCUT2D eigenvalue weighted by molar-refractivity contribution is 7.99. The first-order chi connectivity index (χ1) is 19.4. The smallest absolute Gasteiger partial charge is 0.269 e. The van der Waals surface area contributed by atoms with Crippen LogP contribution in [-0.2, 0) is 4.79 Å². The van der Waals surface area contributed by atoms with Crippen LogP contribution in [0.1, 0.15) is 12.5 Å². The predicted octanol–water partition coefficient (Wildman–Crippen LogP) is 4.50. The second-order valence-electron chi connectivity index (χ2n) is 8.22. The number of ether oxygens (including phenoxy) is 3. The molecule has 4 aromatic rings. The Morgan fingerprint density at radius 3 is 2.23 bits per heavy atom. The number of amides is 1. The summed E-state index contributed by atoms with van der Waals surface area (Å²) in [6.07, 6.45) is 0. The summed E-state index contributed by atoms with van der Waals surface area (Å²) in [5.74, 6) is 1.56. The van der Waals surface area contributed by atoms with Crippen LogP contribution in [0.25, 0.3) is 17.1 Å². The zero-order chi connectivity index (χ0) is 28.6. The molecule has 0 atom stereocenters. The van der Waals surface area contributed by atoms with Crippen LogP contribution < -0.4 is 19.6 Å². The highest BCUT2D eigenvalue weighted by atomic mass is 32.2. The fraction of sp³-hybridized carbons (Fsp3) is 0.185. The van der Waals surface area contributed by atoms with Crippen molar-refractivity contribution in [3.05, 3.63) is 82.4 Å². The maximum absolute atomic E-state index is 12.6. The second-order valence-corrected chi connectivity index (χ2v) is 9.16. The van der Waals surface area contributed by atoms with Gasteiger partial charge in [0.15, 0.2) is 22.5 Å². The van der Waals surface area contributed by atoms with E-state index >= 15 is 0 Å². The molecule has 4 rings (SSSR count). The van der Waals surface area contributed by atoms with E-state index < -0.39 is 4.92 Å². The lowest BCUT2D eigenvalue weighted by Crippen LogP contribution is -2.21. The Kier molecular flexibility index (Phi) is 8.96. The topological polar surface area (TPSA) is 143 Å². The number of benzene rings is 3. The summed E-state index contributed by atoms with van der Waals surface area (Å²) in [6, 6.07) is 19.0. The molecule has 0 aliphatic rings. The summed E-state index contributed by atoms with van der Waals surface area (Å²) >= 11 is 1.19. The number of nitro groups is 1. The van der Waals surface area contributed by atoms with Crippen LogP contribution in [0.2, 0.25) is 0 Å². The Morgan fingerprint density at radius 1 is 1.00 bits per heavy atom. The van der Waals surface area contributed by atoms with Crippen molar-refractivity contribution in [3.63, 3.8) is 0 Å². The van der Waals surface area contributed by atoms with Gasteiger partial charge >= 0.3 is 0 Å². The number of hydrogen-bond donors (Lipinski definition) is 1. The molecule has 13 heteroatoms. The van der Waals surface area contributed by atoms with Crippen molar-refractivity contribution in [3.8, 4) is 34.3 Å². The Bertz CT molecular complexity index is 1510. The van der Waals surface area contributed by atoms with Crippen molar-refractivity contribution >= 4 is 29.1 Å². The van der Waals surface area contributed by atoms with E-state index in [2.05, 4.69) is 20.7 Å². The zero-order valence-corrected chi connectivity index (χ0v) is 23.0. The van der Waals surface area contributed by atoms with Crippen LogP contribution >= 0.6 is 11.8 Å². The first kappa shape index (κ1) is 28.1. The molecule has 0 radical (unpaired) electrons. The average Bonchev–Trinajstić information content (AvgIpc) is 3.42. The third-order valence-corrected chi connectivity index (χ3v) is 6.68. The van der Waals surface area contributed by atoms with Gasteiger partial charge in [0.05, 0.1) is 37.7 Å². The Hall–Kier alpha value is -4.91. The van der Waals surface area contributed by atoms with Crippen molar-refractivity contribution in [2.24, 2.45) is 5.10 Å². The molecule has 0 spiro atoms. The molecule has 0 fully saturated rings. The minimum Gasteiger partial charge on any atom is -0.493 e. The monoisotopic (exact) mass is 562 g/mol. The molecular formula is C27H26N6O6S. The van der Waals surface area contributed by atoms with E-state index in [9.17, 15) is 14.9 Å². The molecule has 0 bridgehead atoms. The quantitative estimate of drug-likeness (QED) is 0.121. The molecule has 40 heavy (non-hydrogen) atoms. The van der Waals surface area contributed by atoms with E-state index in [1.165, 1.54) is 45.2 Å². The maximum Gasteiger partial charge on any atom is 0.269 e. The number of nitro benzene ring substituents is 1. The maximum atomic E-state index is 12.6. The fourth-order valence-electron chi connectivity index (χ4n) is 3.77. The summed E-state index contributed by atoms with van der Waals surface area (Å²) in [5.41, 5.74) is 5.12. The molecule has 206 valence electrons. The van der Waals surface area contributed by atoms with Gasteiger partial charge in [0, 0.05) is 23.4 Å². The van der Waals surface area contributed by atoms with Gasteiger partial charge in [-0.05, 0) is 48.9 Å². The van der Waals surface area contributed by atoms with E-state index in [0.717, 1.165) is 5.69 Å². The number of rotatable bonds is 11. The summed E-state index contributed by atoms with van der Waals surface area (Å²) in [5, 5.41) is 24.2. The normalized spacial score (nSPS) is 11.2. The van der Waals surface area contributed by atoms with Gasteiger partial charge in [-0.15, -0.1) is 10.2 Å². The number of non-ortho nitro benzene ring substituents is 1. The van der Waals surface area contributed by atoms with Crippen molar-refractivity contribution in [1.82, 2.24) is 20.2 Å². The van der Waals surface area contributed by atoms with Crippen LogP contribution in [0.5, 0.6) is 17.2 Å². The highest BCUT2D eigenvalue weighted by Crippen LogP contribution is 2.41. The van der Waals surface area contributed by atoms with Crippen molar-refractivity contribution < 1.29 is 23.9 Å². The number of aromatic nitrogens is 3. The lowest BCUT2D eigenvalue weighted by molar-refractivity contribution is -0.384. The molecular weight excluding hydrogens is 536 g/mol. The molecule has 0 aliphatic carbocycles. The largest absolute Gasteiger partial charge is 0.493 e. The van der Waals surface area contributed by atoms with E-state index in [0.29, 0.717) is 45.1 Å². The third-order valence-electron chi connectivity index (χ3n) is 5.75. The number of nitrogens with one attached hydrogen (secondary N) is 1. The number of nitrogens with zero attached hydrogens (tertiary/aromatic N) is 5. The molecule has 0 aliphatic heterocycles. The Balaban J connectivity index is 1.57. The summed E-state index contributed by atoms with van der Waals surface area (Å²) in [4.78, 5) is 23.0. The van der Waals surface area contributed by atoms with Gasteiger partial charge in [0.25, 0.3) is 11.6 Å². The van der Waals surface area contributed by atoms with Crippen molar-refractivity contribution in [2.45, 2.75) is 12.1 Å². The molecule has 3 aromatic carbocycles. The number of hydrogen-bond acceptors (Lipinski definition) is 10. The Labute approximate surface area is 234 Å². The first-order valence-electron chi connectivity index (χ1n) is 11.9. The van der Waals surface area contributed by atoms with Crippen LogP contribution in [0.15, 0.2) is 77.0 Å². The minimum atomic E-state index is -0.476. The molecule has 1 heterocycles. The number of para-hydroxylation sites is 1. The molecule has 12 nitrogen and oxygen atoms in total. The van der Waals surface area contributed by atoms with Crippen molar-refractivity contribution in [2.75, 3.05) is 27.1 Å². The van der Waals surface area contributed by atoms with Gasteiger partial charge < -0.3 is 14.2 Å². The van der Waals surface area contributed by atoms with Gasteiger partial charge in [-0.25, -0.2) is 5.43 Å². The molecule has 0 unspecified atom stereocenters.